The number of H-pyrrole nitrogens is 1. The predicted molar refractivity (Wildman–Crippen MR) is 89.0 cm³/mol. The minimum Gasteiger partial charge on any atom is -0.305 e. The third kappa shape index (κ3) is 3.39. The largest absolute Gasteiger partial charge is 0.345 e. The highest BCUT2D eigenvalue weighted by Crippen LogP contribution is 2.26. The van der Waals surface area contributed by atoms with Crippen LogP contribution >= 0.6 is 0 Å². The van der Waals surface area contributed by atoms with Crippen LogP contribution in [0.3, 0.4) is 0 Å². The van der Waals surface area contributed by atoms with E-state index in [0.29, 0.717) is 16.8 Å². The van der Waals surface area contributed by atoms with Crippen molar-refractivity contribution in [2.24, 2.45) is 0 Å². The summed E-state index contributed by atoms with van der Waals surface area (Å²) in [5.74, 6) is 0. The van der Waals surface area contributed by atoms with Crippen molar-refractivity contribution in [3.05, 3.63) is 85.3 Å². The van der Waals surface area contributed by atoms with Gasteiger partial charge in [0, 0.05) is 35.4 Å². The van der Waals surface area contributed by atoms with Crippen LogP contribution in [0.1, 0.15) is 0 Å². The molecule has 1 N–H and O–H groups in total. The van der Waals surface area contributed by atoms with Crippen LogP contribution in [-0.2, 0) is 0 Å². The molecule has 0 fully saturated rings. The van der Waals surface area contributed by atoms with Crippen molar-refractivity contribution in [1.29, 1.82) is 0 Å². The van der Waals surface area contributed by atoms with E-state index in [-0.39, 0.29) is 17.1 Å². The van der Waals surface area contributed by atoms with Crippen LogP contribution in [0.5, 0.6) is 0 Å². The Bertz CT molecular complexity index is 966. The van der Waals surface area contributed by atoms with Crippen LogP contribution in [0, 0.1) is 20.2 Å². The molecule has 9 heteroatoms. The number of rotatable bonds is 4. The SMILES string of the molecule is O=c1nc(-c2cccc([N+](=O)[O-])c2)cc(-c2cccc([N+](=O)[O-])c2)[nH]1. The number of aromatic nitrogens is 2. The zero-order valence-electron chi connectivity index (χ0n) is 12.6. The lowest BCUT2D eigenvalue weighted by Crippen LogP contribution is -2.12. The maximum absolute atomic E-state index is 11.9. The van der Waals surface area contributed by atoms with Crippen LogP contribution in [0.15, 0.2) is 59.4 Å². The Morgan fingerprint density at radius 3 is 2.00 bits per heavy atom. The average Bonchev–Trinajstić information content (AvgIpc) is 2.61. The number of hydrogen-bond acceptors (Lipinski definition) is 6. The number of nitrogens with one attached hydrogen (secondary N) is 1. The number of nitrogens with zero attached hydrogens (tertiary/aromatic N) is 3. The van der Waals surface area contributed by atoms with Gasteiger partial charge in [-0.05, 0) is 6.07 Å². The quantitative estimate of drug-likeness (QED) is 0.574. The Hall–Kier alpha value is -3.88. The average molecular weight is 338 g/mol. The van der Waals surface area contributed by atoms with Gasteiger partial charge in [-0.1, -0.05) is 24.3 Å². The van der Waals surface area contributed by atoms with E-state index < -0.39 is 15.5 Å². The molecule has 0 radical (unpaired) electrons. The van der Waals surface area contributed by atoms with Gasteiger partial charge in [-0.15, -0.1) is 0 Å². The number of nitro groups is 2. The lowest BCUT2D eigenvalue weighted by molar-refractivity contribution is -0.385. The van der Waals surface area contributed by atoms with Crippen LogP contribution in [-0.4, -0.2) is 19.8 Å². The van der Waals surface area contributed by atoms with Gasteiger partial charge >= 0.3 is 5.69 Å². The number of non-ortho nitro benzene ring substituents is 2. The maximum atomic E-state index is 11.9. The molecule has 2 aromatic carbocycles. The minimum absolute atomic E-state index is 0.118. The Morgan fingerprint density at radius 1 is 0.840 bits per heavy atom. The van der Waals surface area contributed by atoms with Gasteiger partial charge in [0.2, 0.25) is 0 Å². The summed E-state index contributed by atoms with van der Waals surface area (Å²) < 4.78 is 0. The molecule has 0 spiro atoms. The van der Waals surface area contributed by atoms with E-state index in [1.807, 2.05) is 0 Å². The van der Waals surface area contributed by atoms with Gasteiger partial charge in [0.15, 0.2) is 0 Å². The molecule has 1 aromatic heterocycles. The van der Waals surface area contributed by atoms with E-state index in [1.54, 1.807) is 12.1 Å². The fourth-order valence-electron chi connectivity index (χ4n) is 2.33. The smallest absolute Gasteiger partial charge is 0.305 e. The third-order valence-electron chi connectivity index (χ3n) is 3.47. The Labute approximate surface area is 139 Å². The highest BCUT2D eigenvalue weighted by atomic mass is 16.6. The minimum atomic E-state index is -0.662. The van der Waals surface area contributed by atoms with E-state index in [0.717, 1.165) is 0 Å². The molecule has 1 heterocycles. The first-order chi connectivity index (χ1) is 11.9. The summed E-state index contributed by atoms with van der Waals surface area (Å²) in [7, 11) is 0. The van der Waals surface area contributed by atoms with Crippen LogP contribution in [0.25, 0.3) is 22.5 Å². The molecule has 25 heavy (non-hydrogen) atoms. The van der Waals surface area contributed by atoms with Gasteiger partial charge < -0.3 is 4.98 Å². The van der Waals surface area contributed by atoms with Gasteiger partial charge in [0.05, 0.1) is 21.2 Å². The number of nitro benzene ring substituents is 2. The van der Waals surface area contributed by atoms with Crippen molar-refractivity contribution in [2.75, 3.05) is 0 Å². The van der Waals surface area contributed by atoms with Gasteiger partial charge in [-0.2, -0.15) is 4.98 Å². The number of hydrogen-bond donors (Lipinski definition) is 1. The zero-order chi connectivity index (χ0) is 18.0. The Morgan fingerprint density at radius 2 is 1.40 bits per heavy atom. The first-order valence-corrected chi connectivity index (χ1v) is 7.05. The molecule has 9 nitrogen and oxygen atoms in total. The predicted octanol–water partition coefficient (Wildman–Crippen LogP) is 2.92. The van der Waals surface area contributed by atoms with Crippen molar-refractivity contribution in [3.63, 3.8) is 0 Å². The molecule has 0 unspecified atom stereocenters. The molecule has 0 aliphatic rings. The summed E-state index contributed by atoms with van der Waals surface area (Å²) in [5.41, 5.74) is 0.473. The summed E-state index contributed by atoms with van der Waals surface area (Å²) in [6.07, 6.45) is 0. The maximum Gasteiger partial charge on any atom is 0.345 e. The molecule has 0 bridgehead atoms. The van der Waals surface area contributed by atoms with E-state index in [1.165, 1.54) is 42.5 Å². The Balaban J connectivity index is 2.12. The summed E-state index contributed by atoms with van der Waals surface area (Å²) in [6, 6.07) is 13.0. The molecule has 0 aliphatic heterocycles. The summed E-state index contributed by atoms with van der Waals surface area (Å²) in [4.78, 5) is 38.9. The van der Waals surface area contributed by atoms with Gasteiger partial charge in [-0.3, -0.25) is 20.2 Å². The number of benzene rings is 2. The topological polar surface area (TPSA) is 132 Å². The van der Waals surface area contributed by atoms with Crippen LogP contribution in [0.4, 0.5) is 11.4 Å². The van der Waals surface area contributed by atoms with Crippen molar-refractivity contribution in [1.82, 2.24) is 9.97 Å². The molecular weight excluding hydrogens is 328 g/mol. The molecule has 0 saturated carbocycles. The second-order valence-electron chi connectivity index (χ2n) is 5.10. The molecule has 0 atom stereocenters. The molecule has 124 valence electrons. The standard InChI is InChI=1S/C16H10N4O5/c21-16-17-14(10-3-1-5-12(7-10)19(22)23)9-15(18-16)11-4-2-6-13(8-11)20(24)25/h1-9H,(H,17,18,21). The molecule has 0 aliphatic carbocycles. The van der Waals surface area contributed by atoms with E-state index in [4.69, 9.17) is 0 Å². The van der Waals surface area contributed by atoms with Crippen molar-refractivity contribution in [2.45, 2.75) is 0 Å². The second-order valence-corrected chi connectivity index (χ2v) is 5.10. The highest BCUT2D eigenvalue weighted by Gasteiger charge is 2.12. The second kappa shape index (κ2) is 6.32. The fraction of sp³-hybridized carbons (Fsp3) is 0. The molecule has 3 aromatic rings. The number of aromatic amines is 1. The lowest BCUT2D eigenvalue weighted by Gasteiger charge is -2.05. The van der Waals surface area contributed by atoms with E-state index in [2.05, 4.69) is 9.97 Å². The molecular formula is C16H10N4O5. The van der Waals surface area contributed by atoms with Crippen molar-refractivity contribution >= 4 is 11.4 Å². The van der Waals surface area contributed by atoms with E-state index in [9.17, 15) is 25.0 Å². The monoisotopic (exact) mass is 338 g/mol. The molecule has 3 rings (SSSR count). The van der Waals surface area contributed by atoms with Crippen molar-refractivity contribution < 1.29 is 9.85 Å². The molecule has 0 saturated heterocycles. The summed E-state index contributed by atoms with van der Waals surface area (Å²) in [6.45, 7) is 0. The zero-order valence-corrected chi connectivity index (χ0v) is 12.6. The van der Waals surface area contributed by atoms with Gasteiger partial charge in [0.25, 0.3) is 11.4 Å². The van der Waals surface area contributed by atoms with Gasteiger partial charge in [-0.25, -0.2) is 4.79 Å². The van der Waals surface area contributed by atoms with Crippen molar-refractivity contribution in [3.8, 4) is 22.5 Å². The summed E-state index contributed by atoms with van der Waals surface area (Å²) in [5, 5.41) is 21.8. The molecule has 0 amide bonds. The van der Waals surface area contributed by atoms with E-state index >= 15 is 0 Å². The first-order valence-electron chi connectivity index (χ1n) is 7.05. The fourth-order valence-corrected chi connectivity index (χ4v) is 2.33. The lowest BCUT2D eigenvalue weighted by atomic mass is 10.1. The third-order valence-corrected chi connectivity index (χ3v) is 3.47. The van der Waals surface area contributed by atoms with Crippen LogP contribution in [0.2, 0.25) is 0 Å². The van der Waals surface area contributed by atoms with Crippen LogP contribution < -0.4 is 5.69 Å². The normalized spacial score (nSPS) is 10.4. The van der Waals surface area contributed by atoms with Gasteiger partial charge in [0.1, 0.15) is 0 Å². The summed E-state index contributed by atoms with van der Waals surface area (Å²) >= 11 is 0. The first kappa shape index (κ1) is 16.0. The highest BCUT2D eigenvalue weighted by molar-refractivity contribution is 5.69. The Kier molecular flexibility index (Phi) is 4.04.